The number of halogens is 3. The van der Waals surface area contributed by atoms with Gasteiger partial charge in [-0.15, -0.1) is 13.2 Å². The second kappa shape index (κ2) is 9.92. The monoisotopic (exact) mass is 319 g/mol. The maximum Gasteiger partial charge on any atom is 0.573 e. The number of hydrogen-bond acceptors (Lipinski definition) is 2. The van der Waals surface area contributed by atoms with Crippen LogP contribution in [-0.2, 0) is 6.42 Å². The Morgan fingerprint density at radius 1 is 1.14 bits per heavy atom. The molecule has 0 aliphatic rings. The number of unbranched alkanes of at least 4 members (excludes halogenated alkanes) is 1. The standard InChI is InChI=1S/C13H18F3N3O.C2H6/c1-9-6-10(4-2-3-5-19-12(17)18)8-11(7-9)20-13(14,15)16;1-2/h6-8H,2-5H2,1H3,(H4,17,18,19);1-2H3. The number of benzene rings is 1. The van der Waals surface area contributed by atoms with E-state index in [4.69, 9.17) is 11.5 Å². The van der Waals surface area contributed by atoms with Crippen molar-refractivity contribution in [2.45, 2.75) is 46.4 Å². The van der Waals surface area contributed by atoms with Crippen LogP contribution in [0.25, 0.3) is 0 Å². The Morgan fingerprint density at radius 3 is 2.32 bits per heavy atom. The SMILES string of the molecule is CC.Cc1cc(CCCCN=C(N)N)cc(OC(F)(F)F)c1. The summed E-state index contributed by atoms with van der Waals surface area (Å²) in [6, 6.07) is 4.60. The van der Waals surface area contributed by atoms with Gasteiger partial charge in [0, 0.05) is 6.54 Å². The quantitative estimate of drug-likeness (QED) is 0.479. The Labute approximate surface area is 129 Å². The molecule has 0 spiro atoms. The van der Waals surface area contributed by atoms with Crippen LogP contribution in [0.5, 0.6) is 5.75 Å². The van der Waals surface area contributed by atoms with E-state index < -0.39 is 6.36 Å². The highest BCUT2D eigenvalue weighted by Crippen LogP contribution is 2.25. The Kier molecular flexibility index (Phi) is 9.05. The molecule has 22 heavy (non-hydrogen) atoms. The van der Waals surface area contributed by atoms with Gasteiger partial charge in [0.2, 0.25) is 0 Å². The number of rotatable bonds is 6. The molecule has 1 rings (SSSR count). The Hall–Kier alpha value is -1.92. The molecule has 0 heterocycles. The molecule has 0 unspecified atom stereocenters. The molecule has 1 aromatic carbocycles. The van der Waals surface area contributed by atoms with Crippen LogP contribution in [0.2, 0.25) is 0 Å². The largest absolute Gasteiger partial charge is 0.573 e. The fraction of sp³-hybridized carbons (Fsp3) is 0.533. The van der Waals surface area contributed by atoms with E-state index in [0.29, 0.717) is 13.0 Å². The lowest BCUT2D eigenvalue weighted by Gasteiger charge is -2.11. The normalized spacial score (nSPS) is 10.5. The van der Waals surface area contributed by atoms with Crippen LogP contribution >= 0.6 is 0 Å². The lowest BCUT2D eigenvalue weighted by atomic mass is 10.1. The van der Waals surface area contributed by atoms with Crippen molar-refractivity contribution in [1.82, 2.24) is 0 Å². The first-order valence-electron chi connectivity index (χ1n) is 7.18. The van der Waals surface area contributed by atoms with Crippen LogP contribution < -0.4 is 16.2 Å². The predicted molar refractivity (Wildman–Crippen MR) is 82.8 cm³/mol. The van der Waals surface area contributed by atoms with E-state index in [0.717, 1.165) is 24.0 Å². The first-order valence-corrected chi connectivity index (χ1v) is 7.18. The number of alkyl halides is 3. The van der Waals surface area contributed by atoms with Crippen molar-refractivity contribution >= 4 is 5.96 Å². The Balaban J connectivity index is 0.00000211. The average molecular weight is 319 g/mol. The second-order valence-corrected chi connectivity index (χ2v) is 4.47. The van der Waals surface area contributed by atoms with E-state index in [1.165, 1.54) is 12.1 Å². The zero-order valence-electron chi connectivity index (χ0n) is 13.2. The molecule has 0 bridgehead atoms. The highest BCUT2D eigenvalue weighted by atomic mass is 19.4. The molecule has 7 heteroatoms. The van der Waals surface area contributed by atoms with E-state index in [1.54, 1.807) is 6.92 Å². The third kappa shape index (κ3) is 9.90. The van der Waals surface area contributed by atoms with Gasteiger partial charge in [-0.25, -0.2) is 0 Å². The Morgan fingerprint density at radius 2 is 1.77 bits per heavy atom. The number of aryl methyl sites for hydroxylation is 2. The summed E-state index contributed by atoms with van der Waals surface area (Å²) in [5.41, 5.74) is 11.9. The van der Waals surface area contributed by atoms with Crippen molar-refractivity contribution in [1.29, 1.82) is 0 Å². The van der Waals surface area contributed by atoms with Crippen LogP contribution in [-0.4, -0.2) is 18.9 Å². The zero-order valence-corrected chi connectivity index (χ0v) is 13.2. The van der Waals surface area contributed by atoms with Gasteiger partial charge in [-0.05, 0) is 49.4 Å². The van der Waals surface area contributed by atoms with Crippen molar-refractivity contribution < 1.29 is 17.9 Å². The fourth-order valence-corrected chi connectivity index (χ4v) is 1.81. The molecule has 126 valence electrons. The Bertz CT molecular complexity index is 470. The van der Waals surface area contributed by atoms with Crippen LogP contribution in [0.1, 0.15) is 37.8 Å². The van der Waals surface area contributed by atoms with Gasteiger partial charge in [0.25, 0.3) is 0 Å². The van der Waals surface area contributed by atoms with Gasteiger partial charge in [0.05, 0.1) is 0 Å². The number of hydrogen-bond donors (Lipinski definition) is 2. The van der Waals surface area contributed by atoms with E-state index >= 15 is 0 Å². The maximum atomic E-state index is 12.2. The number of nitrogens with zero attached hydrogens (tertiary/aromatic N) is 1. The molecule has 0 radical (unpaired) electrons. The second-order valence-electron chi connectivity index (χ2n) is 4.47. The lowest BCUT2D eigenvalue weighted by Crippen LogP contribution is -2.22. The van der Waals surface area contributed by atoms with Crippen molar-refractivity contribution in [3.8, 4) is 5.75 Å². The molecule has 0 saturated carbocycles. The van der Waals surface area contributed by atoms with E-state index in [-0.39, 0.29) is 11.7 Å². The predicted octanol–water partition coefficient (Wildman–Crippen LogP) is 3.52. The van der Waals surface area contributed by atoms with Gasteiger partial charge >= 0.3 is 6.36 Å². The van der Waals surface area contributed by atoms with Crippen LogP contribution in [0.15, 0.2) is 23.2 Å². The van der Waals surface area contributed by atoms with Gasteiger partial charge in [-0.2, -0.15) is 0 Å². The number of guanidine groups is 1. The van der Waals surface area contributed by atoms with E-state index in [1.807, 2.05) is 19.9 Å². The molecule has 0 fully saturated rings. The molecule has 0 aliphatic heterocycles. The van der Waals surface area contributed by atoms with Gasteiger partial charge in [0.1, 0.15) is 5.75 Å². The summed E-state index contributed by atoms with van der Waals surface area (Å²) in [5.74, 6) is -0.141. The van der Waals surface area contributed by atoms with Crippen LogP contribution in [0.3, 0.4) is 0 Å². The molecular formula is C15H24F3N3O. The summed E-state index contributed by atoms with van der Waals surface area (Å²) in [4.78, 5) is 3.84. The highest BCUT2D eigenvalue weighted by molar-refractivity contribution is 5.75. The smallest absolute Gasteiger partial charge is 0.406 e. The van der Waals surface area contributed by atoms with Crippen molar-refractivity contribution in [3.05, 3.63) is 29.3 Å². The van der Waals surface area contributed by atoms with Gasteiger partial charge in [-0.3, -0.25) is 4.99 Å². The molecule has 0 aliphatic carbocycles. The summed E-state index contributed by atoms with van der Waals surface area (Å²) in [6.45, 7) is 6.24. The average Bonchev–Trinajstić information content (AvgIpc) is 2.37. The summed E-state index contributed by atoms with van der Waals surface area (Å²) in [5, 5.41) is 0. The van der Waals surface area contributed by atoms with E-state index in [9.17, 15) is 13.2 Å². The minimum Gasteiger partial charge on any atom is -0.406 e. The van der Waals surface area contributed by atoms with Crippen molar-refractivity contribution in [2.24, 2.45) is 16.5 Å². The topological polar surface area (TPSA) is 73.6 Å². The van der Waals surface area contributed by atoms with E-state index in [2.05, 4.69) is 9.73 Å². The first kappa shape index (κ1) is 20.1. The van der Waals surface area contributed by atoms with Gasteiger partial charge in [0.15, 0.2) is 5.96 Å². The molecule has 4 N–H and O–H groups in total. The molecule has 1 aromatic rings. The number of aliphatic imine (C=N–C) groups is 1. The summed E-state index contributed by atoms with van der Waals surface area (Å²) in [6.07, 6.45) is -2.47. The lowest BCUT2D eigenvalue weighted by molar-refractivity contribution is -0.274. The van der Waals surface area contributed by atoms with Crippen LogP contribution in [0, 0.1) is 6.92 Å². The first-order chi connectivity index (χ1) is 10.3. The van der Waals surface area contributed by atoms with Crippen LogP contribution in [0.4, 0.5) is 13.2 Å². The maximum absolute atomic E-state index is 12.2. The molecule has 0 atom stereocenters. The zero-order chi connectivity index (χ0) is 17.2. The third-order valence-corrected chi connectivity index (χ3v) is 2.51. The molecule has 0 saturated heterocycles. The van der Waals surface area contributed by atoms with Gasteiger partial charge < -0.3 is 16.2 Å². The molecule has 0 aromatic heterocycles. The third-order valence-electron chi connectivity index (χ3n) is 2.51. The molecule has 4 nitrogen and oxygen atoms in total. The summed E-state index contributed by atoms with van der Waals surface area (Å²) in [7, 11) is 0. The number of nitrogens with two attached hydrogens (primary N) is 2. The number of ether oxygens (including phenoxy) is 1. The fourth-order valence-electron chi connectivity index (χ4n) is 1.81. The minimum atomic E-state index is -4.67. The summed E-state index contributed by atoms with van der Waals surface area (Å²) < 4.78 is 40.4. The van der Waals surface area contributed by atoms with Crippen molar-refractivity contribution in [3.63, 3.8) is 0 Å². The summed E-state index contributed by atoms with van der Waals surface area (Å²) >= 11 is 0. The highest BCUT2D eigenvalue weighted by Gasteiger charge is 2.31. The molecular weight excluding hydrogens is 295 g/mol. The minimum absolute atomic E-state index is 0.0430. The van der Waals surface area contributed by atoms with Gasteiger partial charge in [-0.1, -0.05) is 19.9 Å². The molecule has 0 amide bonds. The van der Waals surface area contributed by atoms with Crippen molar-refractivity contribution in [2.75, 3.05) is 6.54 Å².